The molecule has 5 nitrogen and oxygen atoms in total. The Morgan fingerprint density at radius 2 is 0.952 bits per heavy atom. The van der Waals surface area contributed by atoms with Gasteiger partial charge in [0.15, 0.2) is 0 Å². The molecule has 5 aromatic carbocycles. The number of aromatic nitrogens is 3. The molecule has 0 aliphatic carbocycles. The van der Waals surface area contributed by atoms with Gasteiger partial charge in [0.25, 0.3) is 6.71 Å². The van der Waals surface area contributed by atoms with Crippen molar-refractivity contribution in [1.82, 2.24) is 14.4 Å². The summed E-state index contributed by atoms with van der Waals surface area (Å²) in [4.78, 5) is 15.3. The molecule has 6 heterocycles. The Kier molecular flexibility index (Phi) is 7.95. The van der Waals surface area contributed by atoms with E-state index in [0.29, 0.717) is 0 Å². The van der Waals surface area contributed by atoms with Crippen LogP contribution in [0, 0.1) is 0 Å². The van der Waals surface area contributed by atoms with Gasteiger partial charge in [-0.05, 0) is 122 Å². The van der Waals surface area contributed by atoms with E-state index in [-0.39, 0.29) is 28.4 Å². The third-order valence-electron chi connectivity index (χ3n) is 13.9. The normalized spacial score (nSPS) is 14.4. The van der Waals surface area contributed by atoms with Crippen LogP contribution in [0.2, 0.25) is 0 Å². The standard InChI is InChI=1S/C56H56BN5/c1-53(2,3)33-15-21-37(22-16-33)60-44-14-13-28-59-52(44)57-41-27-29-58-32-45(41)61(38-23-17-34(18-24-38)54(4,5)6)51-47-40-31-36(56(10,11)12)20-26-43(40)62-42-25-19-35(55(7,8)9)30-39(42)46(49(47)62)50(60)48(51)57/h13-32H,1-12H3. The summed E-state index contributed by atoms with van der Waals surface area (Å²) in [7, 11) is 0. The van der Waals surface area contributed by atoms with Crippen molar-refractivity contribution >= 4 is 95.5 Å². The summed E-state index contributed by atoms with van der Waals surface area (Å²) in [6, 6.07) is 39.7. The van der Waals surface area contributed by atoms with Gasteiger partial charge in [0, 0.05) is 50.9 Å². The Morgan fingerprint density at radius 3 is 1.44 bits per heavy atom. The monoisotopic (exact) mass is 809 g/mol. The van der Waals surface area contributed by atoms with E-state index in [1.54, 1.807) is 0 Å². The topological polar surface area (TPSA) is 36.7 Å². The van der Waals surface area contributed by atoms with E-state index in [9.17, 15) is 0 Å². The molecule has 0 radical (unpaired) electrons. The van der Waals surface area contributed by atoms with Gasteiger partial charge in [-0.1, -0.05) is 119 Å². The molecule has 0 saturated heterocycles. The quantitative estimate of drug-likeness (QED) is 0.163. The van der Waals surface area contributed by atoms with Gasteiger partial charge in [0.05, 0.1) is 45.5 Å². The Hall–Kier alpha value is -6.14. The fraction of sp³-hybridized carbons (Fsp3) is 0.286. The van der Waals surface area contributed by atoms with E-state index in [1.807, 2.05) is 12.4 Å². The molecule has 6 heteroatoms. The Balaban J connectivity index is 1.40. The molecule has 308 valence electrons. The fourth-order valence-corrected chi connectivity index (χ4v) is 10.5. The Bertz CT molecular complexity index is 3060. The van der Waals surface area contributed by atoms with Crippen LogP contribution >= 0.6 is 0 Å². The molecule has 0 atom stereocenters. The summed E-state index contributed by atoms with van der Waals surface area (Å²) >= 11 is 0. The lowest BCUT2D eigenvalue weighted by Gasteiger charge is -2.44. The first-order valence-electron chi connectivity index (χ1n) is 22.4. The molecular formula is C56H56BN5. The zero-order valence-corrected chi connectivity index (χ0v) is 38.4. The highest BCUT2D eigenvalue weighted by molar-refractivity contribution is 7.00. The smallest absolute Gasteiger partial charge is 0.275 e. The maximum atomic E-state index is 5.36. The largest absolute Gasteiger partial charge is 0.309 e. The van der Waals surface area contributed by atoms with Crippen molar-refractivity contribution in [1.29, 1.82) is 0 Å². The number of benzene rings is 5. The highest BCUT2D eigenvalue weighted by atomic mass is 15.2. The Morgan fingerprint density at radius 1 is 0.484 bits per heavy atom. The molecule has 11 rings (SSSR count). The number of rotatable bonds is 2. The predicted molar refractivity (Wildman–Crippen MR) is 266 cm³/mol. The number of nitrogens with zero attached hydrogens (tertiary/aromatic N) is 5. The minimum atomic E-state index is -0.135. The highest BCUT2D eigenvalue weighted by Crippen LogP contribution is 2.55. The lowest BCUT2D eigenvalue weighted by molar-refractivity contribution is 0.590. The molecule has 4 aromatic heterocycles. The average Bonchev–Trinajstić information content (AvgIpc) is 3.74. The van der Waals surface area contributed by atoms with Crippen LogP contribution in [0.4, 0.5) is 34.1 Å². The molecule has 0 spiro atoms. The molecular weight excluding hydrogens is 753 g/mol. The van der Waals surface area contributed by atoms with Crippen molar-refractivity contribution < 1.29 is 0 Å². The second kappa shape index (κ2) is 12.7. The summed E-state index contributed by atoms with van der Waals surface area (Å²) in [6.45, 7) is 27.6. The van der Waals surface area contributed by atoms with Gasteiger partial charge in [0.2, 0.25) is 0 Å². The molecule has 0 bridgehead atoms. The number of hydrogen-bond acceptors (Lipinski definition) is 4. The van der Waals surface area contributed by atoms with Crippen LogP contribution in [0.5, 0.6) is 0 Å². The van der Waals surface area contributed by atoms with Crippen LogP contribution in [0.25, 0.3) is 38.1 Å². The van der Waals surface area contributed by atoms with Crippen molar-refractivity contribution in [2.24, 2.45) is 0 Å². The zero-order chi connectivity index (χ0) is 43.4. The van der Waals surface area contributed by atoms with Gasteiger partial charge < -0.3 is 14.2 Å². The molecule has 2 aliphatic rings. The number of fused-ring (bicyclic) bond motifs is 12. The summed E-state index contributed by atoms with van der Waals surface area (Å²) in [5, 5.41) is 5.11. The minimum absolute atomic E-state index is 0.0186. The first-order chi connectivity index (χ1) is 29.3. The van der Waals surface area contributed by atoms with Gasteiger partial charge in [-0.3, -0.25) is 9.97 Å². The van der Waals surface area contributed by atoms with Crippen LogP contribution in [0.15, 0.2) is 122 Å². The fourth-order valence-electron chi connectivity index (χ4n) is 10.5. The summed E-state index contributed by atoms with van der Waals surface area (Å²) in [6.07, 6.45) is 6.03. The van der Waals surface area contributed by atoms with Crippen LogP contribution in [0.1, 0.15) is 105 Å². The first kappa shape index (κ1) is 38.8. The van der Waals surface area contributed by atoms with Crippen LogP contribution in [0.3, 0.4) is 0 Å². The summed E-state index contributed by atoms with van der Waals surface area (Å²) in [5.74, 6) is 0. The van der Waals surface area contributed by atoms with Crippen LogP contribution in [-0.2, 0) is 21.7 Å². The lowest BCUT2D eigenvalue weighted by Crippen LogP contribution is -2.62. The number of anilines is 6. The van der Waals surface area contributed by atoms with E-state index < -0.39 is 0 Å². The first-order valence-corrected chi connectivity index (χ1v) is 22.4. The Labute approximate surface area is 366 Å². The molecule has 62 heavy (non-hydrogen) atoms. The molecule has 9 aromatic rings. The van der Waals surface area contributed by atoms with Gasteiger partial charge in [-0.25, -0.2) is 0 Å². The van der Waals surface area contributed by atoms with E-state index in [0.717, 1.165) is 28.3 Å². The molecule has 0 fully saturated rings. The molecule has 0 N–H and O–H groups in total. The summed E-state index contributed by atoms with van der Waals surface area (Å²) in [5.41, 5.74) is 19.4. The van der Waals surface area contributed by atoms with Crippen molar-refractivity contribution in [3.63, 3.8) is 0 Å². The lowest BCUT2D eigenvalue weighted by atomic mass is 9.34. The van der Waals surface area contributed by atoms with Crippen LogP contribution < -0.4 is 26.3 Å². The molecule has 0 unspecified atom stereocenters. The van der Waals surface area contributed by atoms with Crippen molar-refractivity contribution in [2.75, 3.05) is 9.80 Å². The summed E-state index contributed by atoms with van der Waals surface area (Å²) < 4.78 is 2.58. The second-order valence-corrected chi connectivity index (χ2v) is 22.0. The van der Waals surface area contributed by atoms with Crippen molar-refractivity contribution in [2.45, 2.75) is 105 Å². The minimum Gasteiger partial charge on any atom is -0.309 e. The third kappa shape index (κ3) is 5.47. The number of hydrogen-bond donors (Lipinski definition) is 0. The van der Waals surface area contributed by atoms with E-state index in [1.165, 1.54) is 82.6 Å². The molecule has 0 saturated carbocycles. The van der Waals surface area contributed by atoms with Gasteiger partial charge in [-0.2, -0.15) is 0 Å². The van der Waals surface area contributed by atoms with Gasteiger partial charge in [0.1, 0.15) is 0 Å². The second-order valence-electron chi connectivity index (χ2n) is 22.0. The maximum absolute atomic E-state index is 5.36. The zero-order valence-electron chi connectivity index (χ0n) is 38.4. The van der Waals surface area contributed by atoms with E-state index in [4.69, 9.17) is 9.97 Å². The van der Waals surface area contributed by atoms with Gasteiger partial charge in [-0.15, -0.1) is 0 Å². The van der Waals surface area contributed by atoms with E-state index in [2.05, 4.69) is 207 Å². The van der Waals surface area contributed by atoms with Crippen molar-refractivity contribution in [3.8, 4) is 0 Å². The predicted octanol–water partition coefficient (Wildman–Crippen LogP) is 12.9. The number of pyridine rings is 2. The van der Waals surface area contributed by atoms with Crippen LogP contribution in [-0.4, -0.2) is 21.1 Å². The van der Waals surface area contributed by atoms with Gasteiger partial charge >= 0.3 is 0 Å². The highest BCUT2D eigenvalue weighted by Gasteiger charge is 2.47. The molecule has 2 aliphatic heterocycles. The molecule has 0 amide bonds. The van der Waals surface area contributed by atoms with E-state index >= 15 is 0 Å². The SMILES string of the molecule is CC(C)(C)c1ccc(N2c3cnccc3B3c4ncccc4N(c4ccc(C(C)(C)C)cc4)c4c3c2c2c3cc(C(C)(C)C)ccc3n3c5ccc(C(C)(C)C)cc5c4c23)cc1. The maximum Gasteiger partial charge on any atom is 0.275 e. The average molecular weight is 810 g/mol. The third-order valence-corrected chi connectivity index (χ3v) is 13.9. The van der Waals surface area contributed by atoms with Crippen molar-refractivity contribution in [3.05, 3.63) is 144 Å².